The highest BCUT2D eigenvalue weighted by atomic mass is 35.5. The van der Waals surface area contributed by atoms with Crippen LogP contribution in [0.3, 0.4) is 0 Å². The minimum absolute atomic E-state index is 0.144. The molecule has 0 N–H and O–H groups in total. The van der Waals surface area contributed by atoms with E-state index in [9.17, 15) is 9.59 Å². The minimum Gasteiger partial charge on any atom is -0.308 e. The lowest BCUT2D eigenvalue weighted by Gasteiger charge is -2.16. The van der Waals surface area contributed by atoms with Gasteiger partial charge in [-0.05, 0) is 35.4 Å². The molecule has 5 aromatic rings. The Morgan fingerprint density at radius 1 is 0.500 bits per heavy atom. The molecule has 1 aliphatic rings. The molecule has 0 aliphatic heterocycles. The number of fused-ring (bicyclic) bond motifs is 2. The number of nitrogens with zero attached hydrogens (tertiary/aromatic N) is 1. The first-order valence-electron chi connectivity index (χ1n) is 11.0. The zero-order chi connectivity index (χ0) is 23.2. The zero-order valence-corrected chi connectivity index (χ0v) is 18.8. The van der Waals surface area contributed by atoms with Crippen molar-refractivity contribution >= 4 is 23.2 Å². The lowest BCUT2D eigenvalue weighted by molar-refractivity contribution is 0.0981. The number of hydrogen-bond donors (Lipinski definition) is 0. The summed E-state index contributed by atoms with van der Waals surface area (Å²) in [5.41, 5.74) is 5.66. The van der Waals surface area contributed by atoms with E-state index < -0.39 is 0 Å². The predicted octanol–water partition coefficient (Wildman–Crippen LogP) is 7.24. The number of benzene rings is 4. The summed E-state index contributed by atoms with van der Waals surface area (Å²) >= 11 is 6.19. The van der Waals surface area contributed by atoms with Crippen molar-refractivity contribution in [2.75, 3.05) is 0 Å². The average Bonchev–Trinajstić information content (AvgIpc) is 3.25. The Labute approximate surface area is 201 Å². The van der Waals surface area contributed by atoms with Gasteiger partial charge in [0.05, 0.1) is 22.5 Å². The van der Waals surface area contributed by atoms with Crippen LogP contribution in [0.2, 0.25) is 5.02 Å². The monoisotopic (exact) mass is 459 g/mol. The Hall–Kier alpha value is -4.21. The van der Waals surface area contributed by atoms with Crippen LogP contribution in [-0.4, -0.2) is 16.1 Å². The molecule has 162 valence electrons. The molecule has 0 radical (unpaired) electrons. The summed E-state index contributed by atoms with van der Waals surface area (Å²) in [6, 6.07) is 34.0. The lowest BCUT2D eigenvalue weighted by Crippen LogP contribution is -2.20. The maximum absolute atomic E-state index is 14.0. The van der Waals surface area contributed by atoms with Gasteiger partial charge in [-0.1, -0.05) is 96.5 Å². The van der Waals surface area contributed by atoms with E-state index in [1.807, 2.05) is 77.4 Å². The molecule has 0 unspecified atom stereocenters. The van der Waals surface area contributed by atoms with Gasteiger partial charge in [-0.25, -0.2) is 0 Å². The molecule has 0 saturated carbocycles. The van der Waals surface area contributed by atoms with Crippen LogP contribution in [0, 0.1) is 0 Å². The van der Waals surface area contributed by atoms with Crippen LogP contribution in [0.25, 0.3) is 28.2 Å². The molecule has 6 rings (SSSR count). The summed E-state index contributed by atoms with van der Waals surface area (Å²) in [7, 11) is 0. The van der Waals surface area contributed by atoms with E-state index in [0.717, 1.165) is 16.8 Å². The molecule has 4 heteroatoms. The number of carbonyl (C=O) groups excluding carboxylic acids is 2. The van der Waals surface area contributed by atoms with Crippen LogP contribution in [0.4, 0.5) is 0 Å². The summed E-state index contributed by atoms with van der Waals surface area (Å²) in [6.45, 7) is 0. The number of halogens is 1. The number of hydrogen-bond acceptors (Lipinski definition) is 2. The van der Waals surface area contributed by atoms with E-state index in [0.29, 0.717) is 38.7 Å². The lowest BCUT2D eigenvalue weighted by atomic mass is 9.83. The van der Waals surface area contributed by atoms with Gasteiger partial charge in [0.15, 0.2) is 11.6 Å². The molecule has 0 amide bonds. The maximum Gasteiger partial charge on any atom is 0.196 e. The first-order chi connectivity index (χ1) is 16.6. The summed E-state index contributed by atoms with van der Waals surface area (Å²) in [5, 5.41) is 0.603. The minimum atomic E-state index is -0.151. The van der Waals surface area contributed by atoms with Gasteiger partial charge in [0.1, 0.15) is 0 Å². The molecule has 0 atom stereocenters. The molecule has 1 aliphatic carbocycles. The van der Waals surface area contributed by atoms with Crippen LogP contribution in [-0.2, 0) is 0 Å². The molecule has 0 spiro atoms. The number of para-hydroxylation sites is 1. The third-order valence-electron chi connectivity index (χ3n) is 6.22. The highest BCUT2D eigenvalue weighted by Gasteiger charge is 2.38. The summed E-state index contributed by atoms with van der Waals surface area (Å²) in [6.07, 6.45) is 0. The molecule has 1 aromatic heterocycles. The Morgan fingerprint density at radius 3 is 1.47 bits per heavy atom. The van der Waals surface area contributed by atoms with E-state index in [1.165, 1.54) is 0 Å². The van der Waals surface area contributed by atoms with Crippen molar-refractivity contribution in [3.63, 3.8) is 0 Å². The molecule has 0 fully saturated rings. The molecule has 0 saturated heterocycles. The molecular formula is C30H18ClNO2. The second kappa shape index (κ2) is 7.98. The van der Waals surface area contributed by atoms with Crippen molar-refractivity contribution in [1.82, 2.24) is 4.57 Å². The predicted molar refractivity (Wildman–Crippen MR) is 135 cm³/mol. The van der Waals surface area contributed by atoms with E-state index in [2.05, 4.69) is 0 Å². The normalized spacial score (nSPS) is 12.4. The standard InChI is InChI=1S/C30H18ClNO2/c31-21-17-15-20(16-18-21)28-26-25(29(33)23-13-7-8-14-24(23)30(26)34)27(19-9-3-1-4-10-19)32(28)22-11-5-2-6-12-22/h1-18H. The average molecular weight is 460 g/mol. The Balaban J connectivity index is 1.81. The number of aromatic nitrogens is 1. The first-order valence-corrected chi connectivity index (χ1v) is 11.4. The summed E-state index contributed by atoms with van der Waals surface area (Å²) in [4.78, 5) is 27.9. The van der Waals surface area contributed by atoms with Crippen LogP contribution < -0.4 is 0 Å². The van der Waals surface area contributed by atoms with Gasteiger partial charge in [-0.2, -0.15) is 0 Å². The van der Waals surface area contributed by atoms with Crippen molar-refractivity contribution in [2.24, 2.45) is 0 Å². The van der Waals surface area contributed by atoms with Crippen molar-refractivity contribution < 1.29 is 9.59 Å². The Kier molecular flexibility index (Phi) is 4.79. The van der Waals surface area contributed by atoms with Gasteiger partial charge >= 0.3 is 0 Å². The third kappa shape index (κ3) is 3.06. The van der Waals surface area contributed by atoms with E-state index in [-0.39, 0.29) is 11.6 Å². The summed E-state index contributed by atoms with van der Waals surface area (Å²) < 4.78 is 2.03. The van der Waals surface area contributed by atoms with Gasteiger partial charge < -0.3 is 4.57 Å². The van der Waals surface area contributed by atoms with Crippen molar-refractivity contribution in [2.45, 2.75) is 0 Å². The SMILES string of the molecule is O=C1c2ccccc2C(=O)c2c1c(-c1ccccc1)n(-c1ccccc1)c2-c1ccc(Cl)cc1. The fraction of sp³-hybridized carbons (Fsp3) is 0. The zero-order valence-electron chi connectivity index (χ0n) is 18.0. The van der Waals surface area contributed by atoms with E-state index in [4.69, 9.17) is 11.6 Å². The number of carbonyl (C=O) groups is 2. The van der Waals surface area contributed by atoms with E-state index >= 15 is 0 Å². The second-order valence-electron chi connectivity index (χ2n) is 8.19. The van der Waals surface area contributed by atoms with Gasteiger partial charge in [0.2, 0.25) is 0 Å². The van der Waals surface area contributed by atoms with Crippen LogP contribution >= 0.6 is 11.6 Å². The quantitative estimate of drug-likeness (QED) is 0.280. The van der Waals surface area contributed by atoms with Crippen LogP contribution in [0.5, 0.6) is 0 Å². The van der Waals surface area contributed by atoms with E-state index in [1.54, 1.807) is 36.4 Å². The third-order valence-corrected chi connectivity index (χ3v) is 6.47. The number of ketones is 2. The van der Waals surface area contributed by atoms with Crippen LogP contribution in [0.1, 0.15) is 31.8 Å². The number of rotatable bonds is 3. The fourth-order valence-electron chi connectivity index (χ4n) is 4.75. The highest BCUT2D eigenvalue weighted by Crippen LogP contribution is 2.44. The van der Waals surface area contributed by atoms with Crippen molar-refractivity contribution in [3.05, 3.63) is 136 Å². The Morgan fingerprint density at radius 2 is 0.941 bits per heavy atom. The van der Waals surface area contributed by atoms with Gasteiger partial charge in [0.25, 0.3) is 0 Å². The highest BCUT2D eigenvalue weighted by molar-refractivity contribution is 6.33. The smallest absolute Gasteiger partial charge is 0.196 e. The molecule has 3 nitrogen and oxygen atoms in total. The topological polar surface area (TPSA) is 39.1 Å². The van der Waals surface area contributed by atoms with Gasteiger partial charge in [-0.3, -0.25) is 9.59 Å². The maximum atomic E-state index is 14.0. The Bertz CT molecular complexity index is 1570. The van der Waals surface area contributed by atoms with Crippen molar-refractivity contribution in [3.8, 4) is 28.2 Å². The van der Waals surface area contributed by atoms with Gasteiger partial charge in [-0.15, -0.1) is 0 Å². The van der Waals surface area contributed by atoms with Gasteiger partial charge in [0, 0.05) is 21.8 Å². The fourth-order valence-corrected chi connectivity index (χ4v) is 4.87. The molecule has 0 bridgehead atoms. The van der Waals surface area contributed by atoms with Crippen molar-refractivity contribution in [1.29, 1.82) is 0 Å². The first kappa shape index (κ1) is 20.4. The van der Waals surface area contributed by atoms with Crippen LogP contribution in [0.15, 0.2) is 109 Å². The second-order valence-corrected chi connectivity index (χ2v) is 8.63. The largest absolute Gasteiger partial charge is 0.308 e. The molecule has 4 aromatic carbocycles. The molecule has 1 heterocycles. The summed E-state index contributed by atoms with van der Waals surface area (Å²) in [5.74, 6) is -0.295. The molecular weight excluding hydrogens is 442 g/mol. The molecule has 34 heavy (non-hydrogen) atoms.